The van der Waals surface area contributed by atoms with Crippen molar-refractivity contribution in [3.63, 3.8) is 0 Å². The Balaban J connectivity index is 0. The van der Waals surface area contributed by atoms with Gasteiger partial charge in [0.2, 0.25) is 0 Å². The van der Waals surface area contributed by atoms with Gasteiger partial charge in [0.1, 0.15) is 0 Å². The van der Waals surface area contributed by atoms with Crippen LogP contribution < -0.4 is 0 Å². The molecule has 0 unspecified atom stereocenters. The number of ether oxygens (including phenoxy) is 3. The van der Waals surface area contributed by atoms with Crippen molar-refractivity contribution in [1.82, 2.24) is 0 Å². The first-order valence-electron chi connectivity index (χ1n) is 7.05. The largest absolute Gasteiger partial charge is 0.331 e. The summed E-state index contributed by atoms with van der Waals surface area (Å²) < 4.78 is 15.0. The molecular weight excluding hydrogens is 323 g/mol. The van der Waals surface area contributed by atoms with E-state index in [1.165, 1.54) is 38.5 Å². The molecule has 0 radical (unpaired) electrons. The second kappa shape index (κ2) is 16.1. The van der Waals surface area contributed by atoms with E-state index in [0.29, 0.717) is 0 Å². The van der Waals surface area contributed by atoms with Crippen LogP contribution in [0.4, 0.5) is 0 Å². The van der Waals surface area contributed by atoms with Crippen molar-refractivity contribution in [2.75, 3.05) is 21.3 Å². The Morgan fingerprint density at radius 1 is 0.750 bits per heavy atom. The standard InChI is InChI=1S/C13H28O3.CHCl3/c1-5-6-7-8-9-10-11-12-13(14-2,15-3)16-4;2-1(3)4/h5-12H2,1-4H3;1H. The summed E-state index contributed by atoms with van der Waals surface area (Å²) in [5, 5.41) is 0. The van der Waals surface area contributed by atoms with Crippen LogP contribution in [-0.4, -0.2) is 31.6 Å². The Morgan fingerprint density at radius 2 is 1.10 bits per heavy atom. The van der Waals surface area contributed by atoms with Gasteiger partial charge in [0.15, 0.2) is 4.30 Å². The van der Waals surface area contributed by atoms with Crippen LogP contribution in [0.15, 0.2) is 0 Å². The smallest absolute Gasteiger partial charge is 0.282 e. The molecule has 3 nitrogen and oxygen atoms in total. The summed E-state index contributed by atoms with van der Waals surface area (Å²) in [7, 11) is 4.86. The Kier molecular flexibility index (Phi) is 18.6. The van der Waals surface area contributed by atoms with E-state index in [1.54, 1.807) is 21.3 Å². The van der Waals surface area contributed by atoms with Crippen molar-refractivity contribution >= 4 is 34.8 Å². The van der Waals surface area contributed by atoms with Crippen LogP contribution >= 0.6 is 34.8 Å². The first-order chi connectivity index (χ1) is 9.47. The monoisotopic (exact) mass is 350 g/mol. The van der Waals surface area contributed by atoms with E-state index in [-0.39, 0.29) is 0 Å². The fraction of sp³-hybridized carbons (Fsp3) is 1.00. The molecule has 0 fully saturated rings. The van der Waals surface area contributed by atoms with E-state index in [0.717, 1.165) is 12.8 Å². The quantitative estimate of drug-likeness (QED) is 0.271. The molecule has 0 spiro atoms. The maximum atomic E-state index is 5.24. The van der Waals surface area contributed by atoms with E-state index in [1.807, 2.05) is 0 Å². The van der Waals surface area contributed by atoms with Crippen molar-refractivity contribution in [3.05, 3.63) is 0 Å². The van der Waals surface area contributed by atoms with Gasteiger partial charge in [-0.1, -0.05) is 80.3 Å². The molecule has 0 aliphatic rings. The van der Waals surface area contributed by atoms with Gasteiger partial charge in [-0.25, -0.2) is 0 Å². The number of halogens is 3. The molecule has 6 heteroatoms. The highest BCUT2D eigenvalue weighted by Gasteiger charge is 2.28. The maximum absolute atomic E-state index is 5.24. The van der Waals surface area contributed by atoms with Crippen LogP contribution in [0.25, 0.3) is 0 Å². The van der Waals surface area contributed by atoms with Gasteiger partial charge in [-0.3, -0.25) is 0 Å². The molecule has 0 aliphatic carbocycles. The summed E-state index contributed by atoms with van der Waals surface area (Å²) in [4.78, 5) is 0. The molecule has 0 amide bonds. The van der Waals surface area contributed by atoms with E-state index in [9.17, 15) is 0 Å². The van der Waals surface area contributed by atoms with Gasteiger partial charge in [-0.2, -0.15) is 0 Å². The highest BCUT2D eigenvalue weighted by Crippen LogP contribution is 2.21. The van der Waals surface area contributed by atoms with Crippen molar-refractivity contribution in [2.24, 2.45) is 0 Å². The van der Waals surface area contributed by atoms with Crippen LogP contribution in [0.5, 0.6) is 0 Å². The molecule has 0 aromatic heterocycles. The number of methoxy groups -OCH3 is 3. The minimum absolute atomic E-state index is 0.750. The Labute approximate surface area is 139 Å². The second-order valence-corrected chi connectivity index (χ2v) is 6.39. The zero-order valence-electron chi connectivity index (χ0n) is 13.1. The van der Waals surface area contributed by atoms with Gasteiger partial charge in [-0.05, 0) is 6.42 Å². The predicted octanol–water partition coefficient (Wildman–Crippen LogP) is 5.71. The molecule has 124 valence electrons. The summed E-state index contributed by atoms with van der Waals surface area (Å²) in [6.07, 6.45) is 9.77. The van der Waals surface area contributed by atoms with Crippen LogP contribution in [-0.2, 0) is 14.2 Å². The van der Waals surface area contributed by atoms with E-state index in [4.69, 9.17) is 49.0 Å². The summed E-state index contributed by atoms with van der Waals surface area (Å²) in [6, 6.07) is 0. The lowest BCUT2D eigenvalue weighted by atomic mass is 10.1. The van der Waals surface area contributed by atoms with Crippen LogP contribution in [0, 0.1) is 0 Å². The number of unbranched alkanes of at least 4 members (excludes halogenated alkanes) is 6. The highest BCUT2D eigenvalue weighted by atomic mass is 35.6. The number of hydrogen-bond donors (Lipinski definition) is 0. The van der Waals surface area contributed by atoms with Crippen LogP contribution in [0.1, 0.15) is 58.3 Å². The van der Waals surface area contributed by atoms with Crippen molar-refractivity contribution in [2.45, 2.75) is 68.6 Å². The molecular formula is C14H29Cl3O3. The van der Waals surface area contributed by atoms with Crippen molar-refractivity contribution < 1.29 is 14.2 Å². The van der Waals surface area contributed by atoms with Gasteiger partial charge in [0.05, 0.1) is 0 Å². The molecule has 0 saturated carbocycles. The summed E-state index contributed by atoms with van der Waals surface area (Å²) in [6.45, 7) is 2.24. The Hall–Kier alpha value is 0.750. The van der Waals surface area contributed by atoms with Crippen molar-refractivity contribution in [3.8, 4) is 0 Å². The summed E-state index contributed by atoms with van der Waals surface area (Å²) in [5.41, 5.74) is 0. The molecule has 20 heavy (non-hydrogen) atoms. The Morgan fingerprint density at radius 3 is 1.45 bits per heavy atom. The summed E-state index contributed by atoms with van der Waals surface area (Å²) >= 11 is 14.4. The lowest BCUT2D eigenvalue weighted by molar-refractivity contribution is -0.355. The Bertz CT molecular complexity index is 177. The molecule has 0 N–H and O–H groups in total. The minimum Gasteiger partial charge on any atom is -0.331 e. The van der Waals surface area contributed by atoms with Gasteiger partial charge in [0.25, 0.3) is 5.97 Å². The molecule has 0 aliphatic heterocycles. The number of alkyl halides is 3. The second-order valence-electron chi connectivity index (χ2n) is 4.41. The molecule has 0 atom stereocenters. The van der Waals surface area contributed by atoms with Crippen LogP contribution in [0.2, 0.25) is 0 Å². The predicted molar refractivity (Wildman–Crippen MR) is 87.7 cm³/mol. The minimum atomic E-state index is -0.830. The van der Waals surface area contributed by atoms with Gasteiger partial charge in [-0.15, -0.1) is 0 Å². The van der Waals surface area contributed by atoms with Gasteiger partial charge < -0.3 is 14.2 Å². The zero-order chi connectivity index (χ0) is 15.9. The lowest BCUT2D eigenvalue weighted by Gasteiger charge is -2.28. The molecule has 0 bridgehead atoms. The fourth-order valence-electron chi connectivity index (χ4n) is 1.85. The van der Waals surface area contributed by atoms with E-state index < -0.39 is 10.3 Å². The SMILES string of the molecule is CCCCCCCCCC(OC)(OC)OC.ClC(Cl)Cl. The summed E-state index contributed by atoms with van der Waals surface area (Å²) in [5.74, 6) is -0.830. The zero-order valence-corrected chi connectivity index (χ0v) is 15.4. The molecule has 0 aromatic rings. The van der Waals surface area contributed by atoms with Gasteiger partial charge >= 0.3 is 0 Å². The first kappa shape index (κ1) is 23.0. The third-order valence-corrected chi connectivity index (χ3v) is 3.02. The third kappa shape index (κ3) is 15.1. The highest BCUT2D eigenvalue weighted by molar-refractivity contribution is 6.63. The van der Waals surface area contributed by atoms with Gasteiger partial charge in [0, 0.05) is 27.8 Å². The maximum Gasteiger partial charge on any atom is 0.282 e. The average molecular weight is 352 g/mol. The van der Waals surface area contributed by atoms with E-state index >= 15 is 0 Å². The van der Waals surface area contributed by atoms with E-state index in [2.05, 4.69) is 6.92 Å². The first-order valence-corrected chi connectivity index (χ1v) is 8.36. The molecule has 0 heterocycles. The number of rotatable bonds is 11. The average Bonchev–Trinajstić information content (AvgIpc) is 2.42. The molecule has 0 aromatic carbocycles. The normalized spacial score (nSPS) is 11.4. The molecule has 0 rings (SSSR count). The third-order valence-electron chi connectivity index (χ3n) is 3.02. The number of hydrogen-bond acceptors (Lipinski definition) is 3. The lowest BCUT2D eigenvalue weighted by Crippen LogP contribution is -2.35. The molecule has 0 saturated heterocycles. The fourth-order valence-corrected chi connectivity index (χ4v) is 1.85. The topological polar surface area (TPSA) is 27.7 Å². The van der Waals surface area contributed by atoms with Crippen LogP contribution in [0.3, 0.4) is 0 Å². The van der Waals surface area contributed by atoms with Crippen molar-refractivity contribution in [1.29, 1.82) is 0 Å².